The quantitative estimate of drug-likeness (QED) is 0.493. The Balaban J connectivity index is 1.84. The van der Waals surface area contributed by atoms with Gasteiger partial charge in [-0.1, -0.05) is 65.7 Å². The molecule has 0 spiro atoms. The summed E-state index contributed by atoms with van der Waals surface area (Å²) in [6.07, 6.45) is 0. The molecule has 3 aromatic rings. The molecule has 0 aliphatic rings. The predicted octanol–water partition coefficient (Wildman–Crippen LogP) is 5.06. The molecule has 1 atom stereocenters. The molecule has 0 aromatic heterocycles. The van der Waals surface area contributed by atoms with Crippen molar-refractivity contribution in [3.63, 3.8) is 0 Å². The van der Waals surface area contributed by atoms with Gasteiger partial charge < -0.3 is 5.32 Å². The lowest BCUT2D eigenvalue weighted by atomic mass is 10.1. The van der Waals surface area contributed by atoms with E-state index in [1.807, 2.05) is 37.3 Å². The second-order valence-electron chi connectivity index (χ2n) is 7.06. The third kappa shape index (κ3) is 6.31. The van der Waals surface area contributed by atoms with E-state index in [0.717, 1.165) is 9.87 Å². The monoisotopic (exact) mass is 476 g/mol. The average molecular weight is 477 g/mol. The molecule has 5 nitrogen and oxygen atoms in total. The number of nitrogens with zero attached hydrogens (tertiary/aromatic N) is 1. The van der Waals surface area contributed by atoms with E-state index in [1.54, 1.807) is 24.3 Å². The van der Waals surface area contributed by atoms with Crippen molar-refractivity contribution in [2.75, 3.05) is 6.54 Å². The minimum Gasteiger partial charge on any atom is -0.348 e. The minimum absolute atomic E-state index is 0.00133. The van der Waals surface area contributed by atoms with Crippen molar-refractivity contribution in [1.29, 1.82) is 0 Å². The maximum absolute atomic E-state index is 13.3. The number of amides is 1. The number of hydrogen-bond donors (Lipinski definition) is 1. The highest BCUT2D eigenvalue weighted by atomic mass is 35.5. The largest absolute Gasteiger partial charge is 0.348 e. The Hall–Kier alpha value is -2.38. The molecule has 31 heavy (non-hydrogen) atoms. The van der Waals surface area contributed by atoms with Gasteiger partial charge in [-0.3, -0.25) is 4.79 Å². The zero-order chi connectivity index (χ0) is 22.4. The predicted molar refractivity (Wildman–Crippen MR) is 123 cm³/mol. The third-order valence-corrected chi connectivity index (χ3v) is 6.99. The lowest BCUT2D eigenvalue weighted by Crippen LogP contribution is -2.41. The van der Waals surface area contributed by atoms with Crippen LogP contribution in [0.4, 0.5) is 0 Å². The smallest absolute Gasteiger partial charge is 0.243 e. The van der Waals surface area contributed by atoms with Gasteiger partial charge >= 0.3 is 0 Å². The summed E-state index contributed by atoms with van der Waals surface area (Å²) < 4.78 is 27.7. The Bertz CT molecular complexity index is 1140. The van der Waals surface area contributed by atoms with Crippen LogP contribution in [0.1, 0.15) is 24.1 Å². The molecule has 1 N–H and O–H groups in total. The Morgan fingerprint density at radius 2 is 1.61 bits per heavy atom. The fourth-order valence-corrected chi connectivity index (χ4v) is 4.82. The van der Waals surface area contributed by atoms with Crippen LogP contribution in [-0.2, 0) is 21.4 Å². The second kappa shape index (κ2) is 10.3. The summed E-state index contributed by atoms with van der Waals surface area (Å²) in [5, 5.41) is 3.78. The Morgan fingerprint density at radius 1 is 0.935 bits per heavy atom. The molecule has 0 heterocycles. The van der Waals surface area contributed by atoms with Gasteiger partial charge in [0.25, 0.3) is 0 Å². The lowest BCUT2D eigenvalue weighted by molar-refractivity contribution is -0.122. The zero-order valence-corrected chi connectivity index (χ0v) is 19.2. The van der Waals surface area contributed by atoms with Gasteiger partial charge in [-0.25, -0.2) is 8.42 Å². The topological polar surface area (TPSA) is 66.5 Å². The number of halogens is 2. The van der Waals surface area contributed by atoms with Crippen molar-refractivity contribution in [3.8, 4) is 0 Å². The van der Waals surface area contributed by atoms with E-state index < -0.39 is 15.9 Å². The molecular formula is C23H22Cl2N2O3S. The first kappa shape index (κ1) is 23.3. The van der Waals surface area contributed by atoms with Crippen molar-refractivity contribution in [2.45, 2.75) is 24.4 Å². The molecule has 8 heteroatoms. The molecule has 0 radical (unpaired) electrons. The summed E-state index contributed by atoms with van der Waals surface area (Å²) in [4.78, 5) is 12.8. The van der Waals surface area contributed by atoms with Crippen LogP contribution < -0.4 is 5.32 Å². The van der Waals surface area contributed by atoms with E-state index in [2.05, 4.69) is 5.32 Å². The Kier molecular flexibility index (Phi) is 7.73. The number of carbonyl (C=O) groups is 1. The van der Waals surface area contributed by atoms with E-state index in [1.165, 1.54) is 24.3 Å². The van der Waals surface area contributed by atoms with Crippen molar-refractivity contribution >= 4 is 39.1 Å². The first-order chi connectivity index (χ1) is 14.8. The number of rotatable bonds is 8. The number of benzene rings is 3. The molecule has 0 aliphatic carbocycles. The first-order valence-electron chi connectivity index (χ1n) is 9.60. The average Bonchev–Trinajstić information content (AvgIpc) is 2.74. The third-order valence-electron chi connectivity index (χ3n) is 4.70. The molecule has 0 fully saturated rings. The Morgan fingerprint density at radius 3 is 2.26 bits per heavy atom. The van der Waals surface area contributed by atoms with Gasteiger partial charge in [-0.2, -0.15) is 4.31 Å². The number of carbonyl (C=O) groups excluding carboxylic acids is 1. The van der Waals surface area contributed by atoms with Crippen LogP contribution in [0, 0.1) is 0 Å². The van der Waals surface area contributed by atoms with Gasteiger partial charge in [-0.05, 0) is 54.4 Å². The van der Waals surface area contributed by atoms with Crippen LogP contribution >= 0.6 is 23.2 Å². The summed E-state index contributed by atoms with van der Waals surface area (Å²) in [5.41, 5.74) is 1.60. The lowest BCUT2D eigenvalue weighted by Gasteiger charge is -2.23. The molecule has 0 bridgehead atoms. The summed E-state index contributed by atoms with van der Waals surface area (Å²) in [6.45, 7) is 1.51. The molecular weight excluding hydrogens is 455 g/mol. The van der Waals surface area contributed by atoms with Crippen molar-refractivity contribution in [2.24, 2.45) is 0 Å². The summed E-state index contributed by atoms with van der Waals surface area (Å²) in [6, 6.07) is 21.9. The normalized spacial score (nSPS) is 12.5. The molecule has 0 saturated heterocycles. The fourth-order valence-electron chi connectivity index (χ4n) is 3.09. The highest BCUT2D eigenvalue weighted by molar-refractivity contribution is 7.89. The van der Waals surface area contributed by atoms with Crippen LogP contribution in [0.2, 0.25) is 10.0 Å². The molecule has 0 unspecified atom stereocenters. The number of sulfonamides is 1. The highest BCUT2D eigenvalue weighted by Gasteiger charge is 2.27. The van der Waals surface area contributed by atoms with Crippen LogP contribution in [0.15, 0.2) is 83.8 Å². The molecule has 1 amide bonds. The van der Waals surface area contributed by atoms with Crippen LogP contribution in [0.5, 0.6) is 0 Å². The van der Waals surface area contributed by atoms with Gasteiger partial charge in [-0.15, -0.1) is 0 Å². The summed E-state index contributed by atoms with van der Waals surface area (Å²) in [7, 11) is -3.95. The number of hydrogen-bond acceptors (Lipinski definition) is 3. The highest BCUT2D eigenvalue weighted by Crippen LogP contribution is 2.22. The minimum atomic E-state index is -3.95. The fraction of sp³-hybridized carbons (Fsp3) is 0.174. The van der Waals surface area contributed by atoms with E-state index >= 15 is 0 Å². The maximum Gasteiger partial charge on any atom is 0.243 e. The standard InChI is InChI=1S/C23H22Cl2N2O3S/c1-17(19-7-3-2-4-8-19)26-23(28)16-27(15-18-6-5-9-21(25)14-18)31(29,30)22-12-10-20(24)11-13-22/h2-14,17H,15-16H2,1H3,(H,26,28)/t17-/m0/s1. The van der Waals surface area contributed by atoms with Crippen molar-refractivity contribution < 1.29 is 13.2 Å². The van der Waals surface area contributed by atoms with E-state index in [4.69, 9.17) is 23.2 Å². The van der Waals surface area contributed by atoms with Gasteiger partial charge in [0, 0.05) is 16.6 Å². The van der Waals surface area contributed by atoms with Gasteiger partial charge in [0.15, 0.2) is 0 Å². The van der Waals surface area contributed by atoms with Gasteiger partial charge in [0.2, 0.25) is 15.9 Å². The molecule has 0 saturated carbocycles. The van der Waals surface area contributed by atoms with E-state index in [-0.39, 0.29) is 24.0 Å². The first-order valence-corrected chi connectivity index (χ1v) is 11.8. The maximum atomic E-state index is 13.3. The molecule has 3 rings (SSSR count). The van der Waals surface area contributed by atoms with Crippen LogP contribution in [0.25, 0.3) is 0 Å². The Labute approximate surface area is 192 Å². The van der Waals surface area contributed by atoms with Gasteiger partial charge in [0.05, 0.1) is 17.5 Å². The summed E-state index contributed by atoms with van der Waals surface area (Å²) >= 11 is 12.0. The van der Waals surface area contributed by atoms with E-state index in [9.17, 15) is 13.2 Å². The zero-order valence-electron chi connectivity index (χ0n) is 16.8. The van der Waals surface area contributed by atoms with Crippen molar-refractivity contribution in [3.05, 3.63) is 100 Å². The summed E-state index contributed by atoms with van der Waals surface area (Å²) in [5.74, 6) is -0.407. The number of nitrogens with one attached hydrogen (secondary N) is 1. The van der Waals surface area contributed by atoms with Crippen molar-refractivity contribution in [1.82, 2.24) is 9.62 Å². The van der Waals surface area contributed by atoms with E-state index in [0.29, 0.717) is 15.6 Å². The van der Waals surface area contributed by atoms with Crippen LogP contribution in [-0.4, -0.2) is 25.2 Å². The second-order valence-corrected chi connectivity index (χ2v) is 9.87. The SMILES string of the molecule is C[C@H](NC(=O)CN(Cc1cccc(Cl)c1)S(=O)(=O)c1ccc(Cl)cc1)c1ccccc1. The van der Waals surface area contributed by atoms with Gasteiger partial charge in [0.1, 0.15) is 0 Å². The molecule has 162 valence electrons. The molecule has 0 aliphatic heterocycles. The molecule has 3 aromatic carbocycles. The van der Waals surface area contributed by atoms with Crippen LogP contribution in [0.3, 0.4) is 0 Å².